The molecular weight excluding hydrogens is 435 g/mol. The van der Waals surface area contributed by atoms with Gasteiger partial charge in [0.15, 0.2) is 0 Å². The molecule has 0 aliphatic heterocycles. The Bertz CT molecular complexity index is 888. The summed E-state index contributed by atoms with van der Waals surface area (Å²) in [5.41, 5.74) is 1.03. The van der Waals surface area contributed by atoms with Gasteiger partial charge in [0.05, 0.1) is 13.5 Å². The summed E-state index contributed by atoms with van der Waals surface area (Å²) in [5, 5.41) is 3.90. The Morgan fingerprint density at radius 1 is 1.06 bits per heavy atom. The largest absolute Gasteiger partial charge is 0.497 e. The smallest absolute Gasteiger partial charge is 0.243 e. The molecule has 1 unspecified atom stereocenters. The minimum absolute atomic E-state index is 0.142. The number of nitrogens with one attached hydrogen (secondary N) is 1. The van der Waals surface area contributed by atoms with Crippen LogP contribution in [-0.4, -0.2) is 35.4 Å². The lowest BCUT2D eigenvalue weighted by molar-refractivity contribution is -0.141. The molecule has 0 aliphatic rings. The number of nitrogens with zero attached hydrogens (tertiary/aromatic N) is 1. The van der Waals surface area contributed by atoms with E-state index in [0.717, 1.165) is 5.56 Å². The summed E-state index contributed by atoms with van der Waals surface area (Å²) in [6, 6.07) is 11.8. The van der Waals surface area contributed by atoms with Gasteiger partial charge in [-0.2, -0.15) is 0 Å². The van der Waals surface area contributed by atoms with E-state index >= 15 is 0 Å². The highest BCUT2D eigenvalue weighted by atomic mass is 35.5. The zero-order valence-corrected chi connectivity index (χ0v) is 20.2. The van der Waals surface area contributed by atoms with Crippen molar-refractivity contribution in [2.75, 3.05) is 7.11 Å². The molecule has 7 heteroatoms. The maximum atomic E-state index is 13.4. The number of hydrogen-bond acceptors (Lipinski definition) is 3. The number of carbonyl (C=O) groups excluding carboxylic acids is 2. The van der Waals surface area contributed by atoms with Gasteiger partial charge >= 0.3 is 0 Å². The number of rotatable bonds is 8. The first kappa shape index (κ1) is 25.0. The lowest BCUT2D eigenvalue weighted by Crippen LogP contribution is -2.53. The van der Waals surface area contributed by atoms with Gasteiger partial charge in [-0.15, -0.1) is 0 Å². The molecule has 2 amide bonds. The van der Waals surface area contributed by atoms with Crippen LogP contribution in [-0.2, 0) is 22.6 Å². The Kier molecular flexibility index (Phi) is 8.78. The van der Waals surface area contributed by atoms with Crippen molar-refractivity contribution in [3.05, 3.63) is 63.6 Å². The zero-order chi connectivity index (χ0) is 23.2. The molecule has 0 bridgehead atoms. The summed E-state index contributed by atoms with van der Waals surface area (Å²) in [4.78, 5) is 28.0. The van der Waals surface area contributed by atoms with Crippen molar-refractivity contribution in [1.82, 2.24) is 10.2 Å². The fraction of sp³-hybridized carbons (Fsp3) is 0.417. The van der Waals surface area contributed by atoms with Gasteiger partial charge in [0.1, 0.15) is 11.8 Å². The van der Waals surface area contributed by atoms with E-state index in [2.05, 4.69) is 5.32 Å². The Morgan fingerprint density at radius 2 is 1.65 bits per heavy atom. The fourth-order valence-electron chi connectivity index (χ4n) is 3.25. The molecule has 0 aromatic heterocycles. The molecule has 31 heavy (non-hydrogen) atoms. The third-order valence-corrected chi connectivity index (χ3v) is 5.50. The summed E-state index contributed by atoms with van der Waals surface area (Å²) in [6.45, 7) is 7.75. The van der Waals surface area contributed by atoms with Crippen molar-refractivity contribution < 1.29 is 14.3 Å². The summed E-state index contributed by atoms with van der Waals surface area (Å²) in [5.74, 6) is 0.324. The van der Waals surface area contributed by atoms with E-state index in [1.807, 2.05) is 52.0 Å². The summed E-state index contributed by atoms with van der Waals surface area (Å²) < 4.78 is 5.18. The molecule has 2 aromatic carbocycles. The first-order chi connectivity index (χ1) is 14.6. The molecule has 2 rings (SSSR count). The molecule has 0 fully saturated rings. The molecule has 0 aliphatic carbocycles. The van der Waals surface area contributed by atoms with Crippen LogP contribution in [0.25, 0.3) is 0 Å². The van der Waals surface area contributed by atoms with Gasteiger partial charge in [0, 0.05) is 27.7 Å². The molecule has 0 radical (unpaired) electrons. The molecule has 168 valence electrons. The third-order valence-electron chi connectivity index (χ3n) is 4.79. The topological polar surface area (TPSA) is 58.6 Å². The lowest BCUT2D eigenvalue weighted by Gasteiger charge is -2.33. The standard InChI is InChI=1S/C24H30Cl2N2O3/c1-6-21(23(30)27-24(2,3)4)28(15-18-19(25)8-7-9-20(18)26)22(29)14-16-10-12-17(31-5)13-11-16/h7-13,21H,6,14-15H2,1-5H3,(H,27,30). The number of amides is 2. The maximum Gasteiger partial charge on any atom is 0.243 e. The molecule has 0 saturated carbocycles. The molecule has 0 heterocycles. The van der Waals surface area contributed by atoms with Crippen LogP contribution < -0.4 is 10.1 Å². The van der Waals surface area contributed by atoms with Crippen molar-refractivity contribution in [2.45, 2.75) is 58.7 Å². The molecule has 1 N–H and O–H groups in total. The van der Waals surface area contributed by atoms with Gasteiger partial charge < -0.3 is 15.0 Å². The SMILES string of the molecule is CCC(C(=O)NC(C)(C)C)N(Cc1c(Cl)cccc1Cl)C(=O)Cc1ccc(OC)cc1. The monoisotopic (exact) mass is 464 g/mol. The van der Waals surface area contributed by atoms with E-state index in [1.165, 1.54) is 0 Å². The van der Waals surface area contributed by atoms with Crippen LogP contribution in [0.2, 0.25) is 10.0 Å². The van der Waals surface area contributed by atoms with Gasteiger partial charge in [0.25, 0.3) is 0 Å². The van der Waals surface area contributed by atoms with Crippen molar-refractivity contribution in [3.63, 3.8) is 0 Å². The molecular formula is C24H30Cl2N2O3. The predicted octanol–water partition coefficient (Wildman–Crippen LogP) is 5.27. The van der Waals surface area contributed by atoms with Crippen LogP contribution in [0.4, 0.5) is 0 Å². The van der Waals surface area contributed by atoms with Gasteiger partial charge in [-0.05, 0) is 57.0 Å². The second kappa shape index (κ2) is 10.9. The number of methoxy groups -OCH3 is 1. The normalized spacial score (nSPS) is 12.2. The van der Waals surface area contributed by atoms with E-state index in [-0.39, 0.29) is 24.8 Å². The number of hydrogen-bond donors (Lipinski definition) is 1. The Balaban J connectivity index is 2.37. The van der Waals surface area contributed by atoms with E-state index in [0.29, 0.717) is 27.8 Å². The highest BCUT2D eigenvalue weighted by Crippen LogP contribution is 2.27. The third kappa shape index (κ3) is 7.15. The highest BCUT2D eigenvalue weighted by Gasteiger charge is 2.31. The van der Waals surface area contributed by atoms with Crippen LogP contribution in [0.3, 0.4) is 0 Å². The van der Waals surface area contributed by atoms with E-state index in [1.54, 1.807) is 30.2 Å². The number of benzene rings is 2. The quantitative estimate of drug-likeness (QED) is 0.578. The Hall–Kier alpha value is -2.24. The summed E-state index contributed by atoms with van der Waals surface area (Å²) in [7, 11) is 1.59. The first-order valence-electron chi connectivity index (χ1n) is 10.2. The maximum absolute atomic E-state index is 13.4. The minimum Gasteiger partial charge on any atom is -0.497 e. The fourth-order valence-corrected chi connectivity index (χ4v) is 3.76. The van der Waals surface area contributed by atoms with E-state index < -0.39 is 11.6 Å². The van der Waals surface area contributed by atoms with E-state index in [9.17, 15) is 9.59 Å². The van der Waals surface area contributed by atoms with Crippen LogP contribution in [0.1, 0.15) is 45.2 Å². The van der Waals surface area contributed by atoms with Crippen LogP contribution >= 0.6 is 23.2 Å². The first-order valence-corrected chi connectivity index (χ1v) is 11.0. The van der Waals surface area contributed by atoms with Crippen molar-refractivity contribution in [2.24, 2.45) is 0 Å². The second-order valence-corrected chi connectivity index (χ2v) is 9.22. The van der Waals surface area contributed by atoms with Crippen LogP contribution in [0.5, 0.6) is 5.75 Å². The molecule has 2 aromatic rings. The molecule has 5 nitrogen and oxygen atoms in total. The molecule has 0 saturated heterocycles. The predicted molar refractivity (Wildman–Crippen MR) is 126 cm³/mol. The number of carbonyl (C=O) groups is 2. The zero-order valence-electron chi connectivity index (χ0n) is 18.7. The van der Waals surface area contributed by atoms with Gasteiger partial charge in [0.2, 0.25) is 11.8 Å². The Labute approximate surface area is 194 Å². The highest BCUT2D eigenvalue weighted by molar-refractivity contribution is 6.36. The lowest BCUT2D eigenvalue weighted by atomic mass is 10.0. The van der Waals surface area contributed by atoms with Crippen molar-refractivity contribution in [1.29, 1.82) is 0 Å². The van der Waals surface area contributed by atoms with Crippen LogP contribution in [0.15, 0.2) is 42.5 Å². The average molecular weight is 465 g/mol. The van der Waals surface area contributed by atoms with E-state index in [4.69, 9.17) is 27.9 Å². The van der Waals surface area contributed by atoms with Gasteiger partial charge in [-0.3, -0.25) is 9.59 Å². The second-order valence-electron chi connectivity index (χ2n) is 8.41. The number of halogens is 2. The van der Waals surface area contributed by atoms with Crippen molar-refractivity contribution >= 4 is 35.0 Å². The summed E-state index contributed by atoms with van der Waals surface area (Å²) in [6.07, 6.45) is 0.601. The number of ether oxygens (including phenoxy) is 1. The minimum atomic E-state index is -0.655. The van der Waals surface area contributed by atoms with Gasteiger partial charge in [-0.25, -0.2) is 0 Å². The van der Waals surface area contributed by atoms with Gasteiger partial charge in [-0.1, -0.05) is 48.3 Å². The molecule has 1 atom stereocenters. The molecule has 0 spiro atoms. The summed E-state index contributed by atoms with van der Waals surface area (Å²) >= 11 is 12.7. The van der Waals surface area contributed by atoms with Crippen LogP contribution in [0, 0.1) is 0 Å². The van der Waals surface area contributed by atoms with Crippen molar-refractivity contribution in [3.8, 4) is 5.75 Å². The average Bonchev–Trinajstić information content (AvgIpc) is 2.69. The Morgan fingerprint density at radius 3 is 2.13 bits per heavy atom.